The van der Waals surface area contributed by atoms with Crippen molar-refractivity contribution in [3.05, 3.63) is 27.4 Å². The van der Waals surface area contributed by atoms with Crippen LogP contribution in [0.25, 0.3) is 0 Å². The van der Waals surface area contributed by atoms with E-state index in [1.54, 1.807) is 12.2 Å². The Hall–Kier alpha value is -1.57. The lowest BCUT2D eigenvalue weighted by atomic mass is 10.4. The van der Waals surface area contributed by atoms with Gasteiger partial charge in [-0.1, -0.05) is 18.5 Å². The Morgan fingerprint density at radius 1 is 1.53 bits per heavy atom. The molecule has 9 heteroatoms. The number of rotatable bonds is 4. The second-order valence-corrected chi connectivity index (χ2v) is 4.05. The summed E-state index contributed by atoms with van der Waals surface area (Å²) in [4.78, 5) is 26.8. The smallest absolute Gasteiger partial charge is 0.345 e. The number of aromatic nitrogens is 2. The summed E-state index contributed by atoms with van der Waals surface area (Å²) >= 11 is 5.58. The summed E-state index contributed by atoms with van der Waals surface area (Å²) in [6, 6.07) is 0.998. The van der Waals surface area contributed by atoms with Gasteiger partial charge < -0.3 is 5.32 Å². The third kappa shape index (κ3) is 4.90. The first kappa shape index (κ1) is 15.5. The van der Waals surface area contributed by atoms with E-state index in [-0.39, 0.29) is 11.0 Å². The summed E-state index contributed by atoms with van der Waals surface area (Å²) in [5, 5.41) is 1.66. The highest BCUT2D eigenvalue weighted by Crippen LogP contribution is 2.12. The van der Waals surface area contributed by atoms with Crippen LogP contribution in [0.2, 0.25) is 5.15 Å². The number of carbonyl (C=O) groups excluding carboxylic acids is 1. The van der Waals surface area contributed by atoms with Crippen molar-refractivity contribution >= 4 is 17.5 Å². The first-order chi connectivity index (χ1) is 8.73. The first-order valence-electron chi connectivity index (χ1n) is 5.32. The van der Waals surface area contributed by atoms with E-state index in [4.69, 9.17) is 11.6 Å². The van der Waals surface area contributed by atoms with Gasteiger partial charge in [-0.15, -0.1) is 0 Å². The van der Waals surface area contributed by atoms with Crippen molar-refractivity contribution in [2.24, 2.45) is 0 Å². The molecule has 1 aromatic heterocycles. The van der Waals surface area contributed by atoms with Gasteiger partial charge in [0.2, 0.25) is 5.91 Å². The third-order valence-corrected chi connectivity index (χ3v) is 2.35. The van der Waals surface area contributed by atoms with Crippen molar-refractivity contribution in [1.29, 1.82) is 0 Å². The summed E-state index contributed by atoms with van der Waals surface area (Å²) in [6.45, 7) is -0.284. The monoisotopic (exact) mass is 297 g/mol. The molecule has 0 unspecified atom stereocenters. The molecule has 1 rings (SSSR count). The minimum Gasteiger partial charge on any atom is -0.345 e. The second kappa shape index (κ2) is 6.05. The Bertz CT molecular complexity index is 528. The molecule has 1 amide bonds. The molecular formula is C10H11ClF3N3O2. The predicted octanol–water partition coefficient (Wildman–Crippen LogP) is 1.14. The van der Waals surface area contributed by atoms with Crippen molar-refractivity contribution < 1.29 is 18.0 Å². The molecule has 0 atom stereocenters. The molecule has 5 nitrogen and oxygen atoms in total. The lowest BCUT2D eigenvalue weighted by molar-refractivity contribution is -0.138. The maximum Gasteiger partial charge on any atom is 0.405 e. The maximum atomic E-state index is 11.9. The zero-order valence-corrected chi connectivity index (χ0v) is 10.7. The molecule has 0 saturated carbocycles. The normalized spacial score (nSPS) is 11.4. The van der Waals surface area contributed by atoms with E-state index in [1.807, 2.05) is 0 Å². The van der Waals surface area contributed by atoms with Crippen LogP contribution in [0.5, 0.6) is 0 Å². The third-order valence-electron chi connectivity index (χ3n) is 2.16. The van der Waals surface area contributed by atoms with Gasteiger partial charge in [0.05, 0.1) is 0 Å². The molecule has 0 radical (unpaired) electrons. The number of nitrogens with one attached hydrogen (secondary N) is 1. The zero-order chi connectivity index (χ0) is 14.6. The Labute approximate surface area is 111 Å². The number of halogens is 4. The molecule has 106 valence electrons. The van der Waals surface area contributed by atoms with Crippen molar-refractivity contribution in [3.63, 3.8) is 0 Å². The Kier molecular flexibility index (Phi) is 4.93. The number of alkyl halides is 3. The summed E-state index contributed by atoms with van der Waals surface area (Å²) < 4.78 is 36.7. The van der Waals surface area contributed by atoms with Crippen LogP contribution in [0.4, 0.5) is 13.2 Å². The largest absolute Gasteiger partial charge is 0.405 e. The Balaban J connectivity index is 2.82. The SMILES string of the molecule is CCc1nc(Cl)cc(=O)n1CC(=O)NCC(F)(F)F. The molecule has 0 aliphatic heterocycles. The van der Waals surface area contributed by atoms with Crippen LogP contribution in [0, 0.1) is 0 Å². The second-order valence-electron chi connectivity index (χ2n) is 3.66. The predicted molar refractivity (Wildman–Crippen MR) is 61.9 cm³/mol. The van der Waals surface area contributed by atoms with Gasteiger partial charge in [-0.05, 0) is 0 Å². The fraction of sp³-hybridized carbons (Fsp3) is 0.500. The minimum absolute atomic E-state index is 0.0196. The van der Waals surface area contributed by atoms with Crippen LogP contribution >= 0.6 is 11.6 Å². The van der Waals surface area contributed by atoms with Gasteiger partial charge in [-0.25, -0.2) is 4.98 Å². The number of nitrogens with zero attached hydrogens (tertiary/aromatic N) is 2. The van der Waals surface area contributed by atoms with Gasteiger partial charge >= 0.3 is 6.18 Å². The number of aryl methyl sites for hydroxylation is 1. The van der Waals surface area contributed by atoms with Crippen molar-refractivity contribution in [2.75, 3.05) is 6.54 Å². The zero-order valence-electron chi connectivity index (χ0n) is 9.92. The average Bonchev–Trinajstić information content (AvgIpc) is 2.28. The fourth-order valence-corrected chi connectivity index (χ4v) is 1.55. The van der Waals surface area contributed by atoms with Crippen LogP contribution < -0.4 is 10.9 Å². The quantitative estimate of drug-likeness (QED) is 0.848. The molecule has 0 saturated heterocycles. The van der Waals surface area contributed by atoms with E-state index in [0.29, 0.717) is 6.42 Å². The molecular weight excluding hydrogens is 287 g/mol. The summed E-state index contributed by atoms with van der Waals surface area (Å²) in [5.41, 5.74) is -0.584. The molecule has 0 bridgehead atoms. The number of hydrogen-bond donors (Lipinski definition) is 1. The molecule has 19 heavy (non-hydrogen) atoms. The average molecular weight is 298 g/mol. The van der Waals surface area contributed by atoms with E-state index < -0.39 is 30.7 Å². The highest BCUT2D eigenvalue weighted by molar-refractivity contribution is 6.29. The van der Waals surface area contributed by atoms with Crippen LogP contribution in [0.1, 0.15) is 12.7 Å². The lowest BCUT2D eigenvalue weighted by Gasteiger charge is -2.12. The summed E-state index contributed by atoms with van der Waals surface area (Å²) in [7, 11) is 0. The first-order valence-corrected chi connectivity index (χ1v) is 5.70. The molecule has 0 spiro atoms. The highest BCUT2D eigenvalue weighted by atomic mass is 35.5. The van der Waals surface area contributed by atoms with Gasteiger partial charge in [-0.3, -0.25) is 14.2 Å². The summed E-state index contributed by atoms with van der Waals surface area (Å²) in [5.74, 6) is -0.682. The van der Waals surface area contributed by atoms with Crippen molar-refractivity contribution in [2.45, 2.75) is 26.1 Å². The number of carbonyl (C=O) groups is 1. The van der Waals surface area contributed by atoms with Crippen LogP contribution in [0.3, 0.4) is 0 Å². The summed E-state index contributed by atoms with van der Waals surface area (Å²) in [6.07, 6.45) is -4.17. The lowest BCUT2D eigenvalue weighted by Crippen LogP contribution is -2.38. The van der Waals surface area contributed by atoms with Crippen LogP contribution in [-0.4, -0.2) is 28.2 Å². The van der Waals surface area contributed by atoms with Crippen LogP contribution in [-0.2, 0) is 17.8 Å². The van der Waals surface area contributed by atoms with Crippen LogP contribution in [0.15, 0.2) is 10.9 Å². The molecule has 0 aliphatic rings. The van der Waals surface area contributed by atoms with E-state index in [2.05, 4.69) is 4.98 Å². The Morgan fingerprint density at radius 2 is 2.16 bits per heavy atom. The topological polar surface area (TPSA) is 64.0 Å². The minimum atomic E-state index is -4.49. The van der Waals surface area contributed by atoms with Crippen molar-refractivity contribution in [3.8, 4) is 0 Å². The fourth-order valence-electron chi connectivity index (χ4n) is 1.36. The van der Waals surface area contributed by atoms with E-state index in [9.17, 15) is 22.8 Å². The molecule has 1 heterocycles. The van der Waals surface area contributed by atoms with Gasteiger partial charge in [0.15, 0.2) is 0 Å². The Morgan fingerprint density at radius 3 is 2.68 bits per heavy atom. The van der Waals surface area contributed by atoms with Gasteiger partial charge in [0.25, 0.3) is 5.56 Å². The van der Waals surface area contributed by atoms with E-state index in [0.717, 1.165) is 10.6 Å². The molecule has 0 aromatic carbocycles. The molecule has 1 N–H and O–H groups in total. The van der Waals surface area contributed by atoms with Gasteiger partial charge in [0.1, 0.15) is 24.1 Å². The standard InChI is InChI=1S/C10H11ClF3N3O2/c1-2-7-16-6(11)3-9(19)17(7)4-8(18)15-5-10(12,13)14/h3H,2,4-5H2,1H3,(H,15,18). The van der Waals surface area contributed by atoms with Gasteiger partial charge in [-0.2, -0.15) is 13.2 Å². The van der Waals surface area contributed by atoms with E-state index >= 15 is 0 Å². The van der Waals surface area contributed by atoms with Crippen molar-refractivity contribution in [1.82, 2.24) is 14.9 Å². The maximum absolute atomic E-state index is 11.9. The molecule has 1 aromatic rings. The highest BCUT2D eigenvalue weighted by Gasteiger charge is 2.27. The molecule has 0 fully saturated rings. The molecule has 0 aliphatic carbocycles. The number of amides is 1. The van der Waals surface area contributed by atoms with E-state index in [1.165, 1.54) is 0 Å². The van der Waals surface area contributed by atoms with Gasteiger partial charge in [0, 0.05) is 12.5 Å². The number of hydrogen-bond acceptors (Lipinski definition) is 3.